The molecule has 0 aliphatic heterocycles. The summed E-state index contributed by atoms with van der Waals surface area (Å²) >= 11 is 12.0. The van der Waals surface area contributed by atoms with Crippen LogP contribution in [-0.2, 0) is 0 Å². The first-order chi connectivity index (χ1) is 7.65. The van der Waals surface area contributed by atoms with Crippen LogP contribution in [-0.4, -0.2) is 6.04 Å². The molecule has 1 aromatic rings. The van der Waals surface area contributed by atoms with Crippen LogP contribution in [0.3, 0.4) is 0 Å². The molecule has 0 heterocycles. The maximum absolute atomic E-state index is 6.14. The molecule has 1 nitrogen and oxygen atoms in total. The highest BCUT2D eigenvalue weighted by atomic mass is 35.5. The molecule has 16 heavy (non-hydrogen) atoms. The number of hydrogen-bond donors (Lipinski definition) is 1. The molecule has 3 heteroatoms. The summed E-state index contributed by atoms with van der Waals surface area (Å²) in [7, 11) is 0. The second-order valence-corrected chi connectivity index (χ2v) is 5.58. The van der Waals surface area contributed by atoms with Gasteiger partial charge in [-0.05, 0) is 37.0 Å². The SMILES string of the molecule is CC1CCCC(Nc2ccc(Cl)cc2Cl)C1. The maximum Gasteiger partial charge on any atom is 0.0652 e. The minimum atomic E-state index is 0.558. The molecular weight excluding hydrogens is 241 g/mol. The zero-order valence-electron chi connectivity index (χ0n) is 9.47. The highest BCUT2D eigenvalue weighted by Crippen LogP contribution is 2.30. The number of hydrogen-bond acceptors (Lipinski definition) is 1. The van der Waals surface area contributed by atoms with Gasteiger partial charge in [0, 0.05) is 11.1 Å². The number of anilines is 1. The molecule has 1 saturated carbocycles. The lowest BCUT2D eigenvalue weighted by Crippen LogP contribution is -2.26. The van der Waals surface area contributed by atoms with Gasteiger partial charge in [-0.25, -0.2) is 0 Å². The van der Waals surface area contributed by atoms with Crippen molar-refractivity contribution in [2.24, 2.45) is 5.92 Å². The van der Waals surface area contributed by atoms with E-state index in [1.807, 2.05) is 12.1 Å². The van der Waals surface area contributed by atoms with Crippen molar-refractivity contribution in [3.63, 3.8) is 0 Å². The van der Waals surface area contributed by atoms with Crippen LogP contribution in [0.25, 0.3) is 0 Å². The van der Waals surface area contributed by atoms with E-state index in [4.69, 9.17) is 23.2 Å². The molecule has 0 aromatic heterocycles. The third-order valence-electron chi connectivity index (χ3n) is 3.23. The standard InChI is InChI=1S/C13H17Cl2N/c1-9-3-2-4-11(7-9)16-13-6-5-10(14)8-12(13)15/h5-6,8-9,11,16H,2-4,7H2,1H3. The zero-order valence-corrected chi connectivity index (χ0v) is 11.0. The smallest absolute Gasteiger partial charge is 0.0652 e. The normalized spacial score (nSPS) is 25.4. The van der Waals surface area contributed by atoms with Crippen LogP contribution in [0.2, 0.25) is 10.0 Å². The molecule has 0 saturated heterocycles. The Morgan fingerprint density at radius 3 is 2.75 bits per heavy atom. The molecule has 1 aliphatic rings. The van der Waals surface area contributed by atoms with Crippen LogP contribution in [0.4, 0.5) is 5.69 Å². The summed E-state index contributed by atoms with van der Waals surface area (Å²) in [5.74, 6) is 0.817. The summed E-state index contributed by atoms with van der Waals surface area (Å²) in [6, 6.07) is 6.19. The van der Waals surface area contributed by atoms with Crippen molar-refractivity contribution in [2.45, 2.75) is 38.6 Å². The fourth-order valence-electron chi connectivity index (χ4n) is 2.39. The fraction of sp³-hybridized carbons (Fsp3) is 0.538. The van der Waals surface area contributed by atoms with Crippen molar-refractivity contribution in [3.8, 4) is 0 Å². The Bertz CT molecular complexity index is 365. The van der Waals surface area contributed by atoms with E-state index in [1.54, 1.807) is 6.07 Å². The van der Waals surface area contributed by atoms with E-state index in [2.05, 4.69) is 12.2 Å². The lowest BCUT2D eigenvalue weighted by molar-refractivity contribution is 0.358. The van der Waals surface area contributed by atoms with Crippen molar-refractivity contribution in [3.05, 3.63) is 28.2 Å². The Hall–Kier alpha value is -0.400. The van der Waals surface area contributed by atoms with Gasteiger partial charge in [0.05, 0.1) is 10.7 Å². The Labute approximate surface area is 107 Å². The monoisotopic (exact) mass is 257 g/mol. The van der Waals surface area contributed by atoms with Gasteiger partial charge >= 0.3 is 0 Å². The minimum absolute atomic E-state index is 0.558. The highest BCUT2D eigenvalue weighted by molar-refractivity contribution is 6.36. The van der Waals surface area contributed by atoms with Gasteiger partial charge < -0.3 is 5.32 Å². The molecule has 0 amide bonds. The van der Waals surface area contributed by atoms with Crippen molar-refractivity contribution in [1.82, 2.24) is 0 Å². The minimum Gasteiger partial charge on any atom is -0.381 e. The van der Waals surface area contributed by atoms with Gasteiger partial charge in [0.15, 0.2) is 0 Å². The third-order valence-corrected chi connectivity index (χ3v) is 3.77. The predicted molar refractivity (Wildman–Crippen MR) is 71.5 cm³/mol. The predicted octanol–water partition coefficient (Wildman–Crippen LogP) is 4.98. The number of nitrogens with one attached hydrogen (secondary N) is 1. The maximum atomic E-state index is 6.14. The average Bonchev–Trinajstić information content (AvgIpc) is 2.22. The van der Waals surface area contributed by atoms with Crippen molar-refractivity contribution in [1.29, 1.82) is 0 Å². The fourth-order valence-corrected chi connectivity index (χ4v) is 2.85. The molecule has 1 aliphatic carbocycles. The van der Waals surface area contributed by atoms with Gasteiger partial charge in [-0.3, -0.25) is 0 Å². The highest BCUT2D eigenvalue weighted by Gasteiger charge is 2.19. The molecule has 0 bridgehead atoms. The van der Waals surface area contributed by atoms with E-state index in [0.717, 1.165) is 11.6 Å². The second kappa shape index (κ2) is 5.29. The van der Waals surface area contributed by atoms with Crippen LogP contribution in [0, 0.1) is 5.92 Å². The first kappa shape index (κ1) is 12.1. The van der Waals surface area contributed by atoms with Gasteiger partial charge in [0.2, 0.25) is 0 Å². The lowest BCUT2D eigenvalue weighted by atomic mass is 9.87. The van der Waals surface area contributed by atoms with Crippen molar-refractivity contribution >= 4 is 28.9 Å². The van der Waals surface area contributed by atoms with Crippen molar-refractivity contribution < 1.29 is 0 Å². The molecule has 1 N–H and O–H groups in total. The number of benzene rings is 1. The van der Waals surface area contributed by atoms with E-state index in [0.29, 0.717) is 16.1 Å². The van der Waals surface area contributed by atoms with Crippen LogP contribution < -0.4 is 5.32 Å². The summed E-state index contributed by atoms with van der Waals surface area (Å²) in [5.41, 5.74) is 1.00. The molecule has 2 rings (SSSR count). The second-order valence-electron chi connectivity index (χ2n) is 4.74. The quantitative estimate of drug-likeness (QED) is 0.788. The van der Waals surface area contributed by atoms with Crippen LogP contribution in [0.1, 0.15) is 32.6 Å². The van der Waals surface area contributed by atoms with Crippen LogP contribution >= 0.6 is 23.2 Å². The third kappa shape index (κ3) is 3.05. The van der Waals surface area contributed by atoms with Crippen LogP contribution in [0.15, 0.2) is 18.2 Å². The summed E-state index contributed by atoms with van der Waals surface area (Å²) in [5, 5.41) is 4.92. The summed E-state index contributed by atoms with van der Waals surface area (Å²) in [6.45, 7) is 2.32. The Morgan fingerprint density at radius 1 is 1.25 bits per heavy atom. The number of halogens is 2. The average molecular weight is 258 g/mol. The van der Waals surface area contributed by atoms with E-state index in [9.17, 15) is 0 Å². The van der Waals surface area contributed by atoms with Gasteiger partial charge in [-0.1, -0.05) is 43.0 Å². The van der Waals surface area contributed by atoms with E-state index >= 15 is 0 Å². The number of rotatable bonds is 2. The summed E-state index contributed by atoms with van der Waals surface area (Å²) in [4.78, 5) is 0. The van der Waals surface area contributed by atoms with E-state index in [-0.39, 0.29) is 0 Å². The molecule has 0 spiro atoms. The van der Waals surface area contributed by atoms with E-state index in [1.165, 1.54) is 25.7 Å². The Kier molecular flexibility index (Phi) is 3.99. The molecule has 1 aromatic carbocycles. The van der Waals surface area contributed by atoms with Gasteiger partial charge in [-0.15, -0.1) is 0 Å². The Balaban J connectivity index is 2.02. The molecule has 1 fully saturated rings. The molecule has 2 unspecified atom stereocenters. The first-order valence-corrected chi connectivity index (χ1v) is 6.62. The van der Waals surface area contributed by atoms with Gasteiger partial charge in [-0.2, -0.15) is 0 Å². The zero-order chi connectivity index (χ0) is 11.5. The van der Waals surface area contributed by atoms with Crippen LogP contribution in [0.5, 0.6) is 0 Å². The molecule has 0 radical (unpaired) electrons. The molecule has 2 atom stereocenters. The van der Waals surface area contributed by atoms with E-state index < -0.39 is 0 Å². The molecule has 88 valence electrons. The largest absolute Gasteiger partial charge is 0.381 e. The van der Waals surface area contributed by atoms with Gasteiger partial charge in [0.25, 0.3) is 0 Å². The topological polar surface area (TPSA) is 12.0 Å². The Morgan fingerprint density at radius 2 is 2.06 bits per heavy atom. The molecular formula is C13H17Cl2N. The summed E-state index contributed by atoms with van der Waals surface area (Å²) < 4.78 is 0. The van der Waals surface area contributed by atoms with Crippen molar-refractivity contribution in [2.75, 3.05) is 5.32 Å². The first-order valence-electron chi connectivity index (χ1n) is 5.87. The lowest BCUT2D eigenvalue weighted by Gasteiger charge is -2.28. The van der Waals surface area contributed by atoms with Gasteiger partial charge in [0.1, 0.15) is 0 Å². The summed E-state index contributed by atoms with van der Waals surface area (Å²) in [6.07, 6.45) is 5.14.